The molecule has 3 rings (SSSR count). The van der Waals surface area contributed by atoms with Crippen molar-refractivity contribution in [2.45, 2.75) is 18.1 Å². The summed E-state index contributed by atoms with van der Waals surface area (Å²) in [6, 6.07) is 5.20. The smallest absolute Gasteiger partial charge is 0.348 e. The normalized spacial score (nSPS) is 15.8. The summed E-state index contributed by atoms with van der Waals surface area (Å²) < 4.78 is 68.4. The fourth-order valence-electron chi connectivity index (χ4n) is 2.77. The topological polar surface area (TPSA) is 29.1 Å². The van der Waals surface area contributed by atoms with Crippen LogP contribution >= 0.6 is 35.0 Å². The number of allylic oxidation sites excluding steroid dienone is 1. The minimum atomic E-state index is -4.72. The van der Waals surface area contributed by atoms with Crippen LogP contribution in [0.25, 0.3) is 6.08 Å². The molecule has 10 heteroatoms. The molecule has 0 spiro atoms. The van der Waals surface area contributed by atoms with Gasteiger partial charge >= 0.3 is 6.18 Å². The standard InChI is InChI=1S/C20H14Cl2F5NOS/c21-15-6-11(7-16(22)18(15)24)14(20(25,26)27)4-2-10-1-3-13(17(23)5-10)19(29)28-12-8-30-9-12/h1-7,12,14H,8-9H2,(H,28,29). The number of amides is 1. The summed E-state index contributed by atoms with van der Waals surface area (Å²) in [7, 11) is 0. The summed E-state index contributed by atoms with van der Waals surface area (Å²) >= 11 is 12.9. The van der Waals surface area contributed by atoms with Crippen molar-refractivity contribution in [3.8, 4) is 0 Å². The monoisotopic (exact) mass is 481 g/mol. The molecule has 0 bridgehead atoms. The van der Waals surface area contributed by atoms with Crippen molar-refractivity contribution in [2.24, 2.45) is 0 Å². The number of benzene rings is 2. The summed E-state index contributed by atoms with van der Waals surface area (Å²) in [5.41, 5.74) is -0.421. The highest BCUT2D eigenvalue weighted by Crippen LogP contribution is 2.39. The van der Waals surface area contributed by atoms with Crippen molar-refractivity contribution in [1.82, 2.24) is 5.32 Å². The Morgan fingerprint density at radius 2 is 1.77 bits per heavy atom. The van der Waals surface area contributed by atoms with Crippen molar-refractivity contribution < 1.29 is 26.7 Å². The molecular formula is C20H14Cl2F5NOS. The van der Waals surface area contributed by atoms with Gasteiger partial charge in [-0.2, -0.15) is 24.9 Å². The average Bonchev–Trinajstić information content (AvgIpc) is 2.61. The van der Waals surface area contributed by atoms with E-state index in [1.165, 1.54) is 12.1 Å². The minimum Gasteiger partial charge on any atom is -0.348 e. The lowest BCUT2D eigenvalue weighted by Crippen LogP contribution is -2.44. The lowest BCUT2D eigenvalue weighted by molar-refractivity contribution is -0.139. The van der Waals surface area contributed by atoms with Crippen molar-refractivity contribution >= 4 is 46.9 Å². The van der Waals surface area contributed by atoms with Crippen LogP contribution in [0.4, 0.5) is 22.0 Å². The van der Waals surface area contributed by atoms with Crippen LogP contribution in [0.15, 0.2) is 36.4 Å². The first kappa shape index (κ1) is 22.9. The average molecular weight is 482 g/mol. The SMILES string of the molecule is O=C(NC1CSC1)c1ccc(C=CC(c2cc(Cl)c(F)c(Cl)c2)C(F)(F)F)cc1F. The molecule has 1 heterocycles. The Balaban J connectivity index is 1.84. The molecule has 1 atom stereocenters. The van der Waals surface area contributed by atoms with E-state index in [0.717, 1.165) is 41.9 Å². The molecule has 0 aliphatic carbocycles. The molecule has 0 radical (unpaired) electrons. The van der Waals surface area contributed by atoms with Gasteiger partial charge in [0.2, 0.25) is 0 Å². The molecule has 1 fully saturated rings. The van der Waals surface area contributed by atoms with Gasteiger partial charge < -0.3 is 5.32 Å². The van der Waals surface area contributed by atoms with E-state index in [-0.39, 0.29) is 22.7 Å². The van der Waals surface area contributed by atoms with E-state index in [1.807, 2.05) is 0 Å². The van der Waals surface area contributed by atoms with Crippen LogP contribution in [0.5, 0.6) is 0 Å². The highest BCUT2D eigenvalue weighted by atomic mass is 35.5. The third kappa shape index (κ3) is 5.28. The van der Waals surface area contributed by atoms with Gasteiger partial charge in [0.15, 0.2) is 5.82 Å². The highest BCUT2D eigenvalue weighted by Gasteiger charge is 2.39. The van der Waals surface area contributed by atoms with Gasteiger partial charge in [-0.25, -0.2) is 8.78 Å². The molecule has 1 aliphatic heterocycles. The number of rotatable bonds is 5. The summed E-state index contributed by atoms with van der Waals surface area (Å²) in [5, 5.41) is 1.61. The zero-order valence-corrected chi connectivity index (χ0v) is 17.4. The van der Waals surface area contributed by atoms with Gasteiger partial charge in [-0.15, -0.1) is 0 Å². The number of hydrogen-bond donors (Lipinski definition) is 1. The van der Waals surface area contributed by atoms with E-state index in [2.05, 4.69) is 5.32 Å². The van der Waals surface area contributed by atoms with Crippen LogP contribution in [0.1, 0.15) is 27.4 Å². The molecule has 1 saturated heterocycles. The van der Waals surface area contributed by atoms with E-state index in [4.69, 9.17) is 23.2 Å². The lowest BCUT2D eigenvalue weighted by atomic mass is 9.96. The van der Waals surface area contributed by atoms with Gasteiger partial charge in [-0.3, -0.25) is 4.79 Å². The molecule has 30 heavy (non-hydrogen) atoms. The van der Waals surface area contributed by atoms with Crippen LogP contribution in [-0.4, -0.2) is 29.6 Å². The Morgan fingerprint density at radius 1 is 1.13 bits per heavy atom. The first-order valence-corrected chi connectivity index (χ1v) is 10.5. The highest BCUT2D eigenvalue weighted by molar-refractivity contribution is 8.00. The molecule has 2 aromatic rings. The Morgan fingerprint density at radius 3 is 2.27 bits per heavy atom. The van der Waals surface area contributed by atoms with E-state index in [1.54, 1.807) is 11.8 Å². The van der Waals surface area contributed by atoms with Crippen molar-refractivity contribution in [2.75, 3.05) is 11.5 Å². The summed E-state index contributed by atoms with van der Waals surface area (Å²) in [5.74, 6) is -3.07. The molecule has 0 saturated carbocycles. The molecule has 2 nitrogen and oxygen atoms in total. The maximum atomic E-state index is 14.3. The molecule has 160 valence electrons. The number of halogens is 7. The van der Waals surface area contributed by atoms with Crippen molar-refractivity contribution in [3.63, 3.8) is 0 Å². The van der Waals surface area contributed by atoms with Crippen LogP contribution in [0, 0.1) is 11.6 Å². The van der Waals surface area contributed by atoms with Crippen molar-refractivity contribution in [1.29, 1.82) is 0 Å². The zero-order chi connectivity index (χ0) is 22.1. The number of alkyl halides is 3. The van der Waals surface area contributed by atoms with Crippen molar-refractivity contribution in [3.05, 3.63) is 74.8 Å². The van der Waals surface area contributed by atoms with Gasteiger partial charge in [0.05, 0.1) is 21.5 Å². The van der Waals surface area contributed by atoms with E-state index in [0.29, 0.717) is 0 Å². The van der Waals surface area contributed by atoms with E-state index >= 15 is 0 Å². The largest absolute Gasteiger partial charge is 0.399 e. The second-order valence-electron chi connectivity index (χ2n) is 6.62. The van der Waals surface area contributed by atoms with E-state index < -0.39 is 39.7 Å². The Kier molecular flexibility index (Phi) is 6.99. The van der Waals surface area contributed by atoms with E-state index in [9.17, 15) is 26.7 Å². The molecular weight excluding hydrogens is 468 g/mol. The predicted molar refractivity (Wildman–Crippen MR) is 109 cm³/mol. The summed E-state index contributed by atoms with van der Waals surface area (Å²) in [6.45, 7) is 0. The molecule has 2 aromatic carbocycles. The molecule has 1 unspecified atom stereocenters. The first-order valence-electron chi connectivity index (χ1n) is 8.63. The summed E-state index contributed by atoms with van der Waals surface area (Å²) in [6.07, 6.45) is -2.86. The van der Waals surface area contributed by atoms with Gasteiger partial charge in [0.25, 0.3) is 5.91 Å². The number of thioether (sulfide) groups is 1. The minimum absolute atomic E-state index is 0.0108. The third-order valence-electron chi connectivity index (χ3n) is 4.41. The predicted octanol–water partition coefficient (Wildman–Crippen LogP) is 6.48. The maximum absolute atomic E-state index is 14.3. The quantitative estimate of drug-likeness (QED) is 0.391. The van der Waals surface area contributed by atoms with Gasteiger partial charge in [-0.1, -0.05) is 41.4 Å². The maximum Gasteiger partial charge on any atom is 0.399 e. The van der Waals surface area contributed by atoms with Gasteiger partial charge in [0.1, 0.15) is 5.82 Å². The molecule has 0 aromatic heterocycles. The Bertz CT molecular complexity index is 969. The Labute approximate surface area is 183 Å². The zero-order valence-electron chi connectivity index (χ0n) is 15.1. The van der Waals surface area contributed by atoms with Crippen LogP contribution in [0.3, 0.4) is 0 Å². The van der Waals surface area contributed by atoms with Crippen LogP contribution < -0.4 is 5.32 Å². The first-order chi connectivity index (χ1) is 14.1. The van der Waals surface area contributed by atoms with Gasteiger partial charge in [0, 0.05) is 17.5 Å². The number of carbonyl (C=O) groups is 1. The summed E-state index contributed by atoms with van der Waals surface area (Å²) in [4.78, 5) is 12.1. The molecule has 1 aliphatic rings. The van der Waals surface area contributed by atoms with Crippen LogP contribution in [0.2, 0.25) is 10.0 Å². The number of nitrogens with one attached hydrogen (secondary N) is 1. The molecule has 1 N–H and O–H groups in total. The lowest BCUT2D eigenvalue weighted by Gasteiger charge is -2.25. The second kappa shape index (κ2) is 9.16. The Hall–Kier alpha value is -1.77. The number of carbonyl (C=O) groups excluding carboxylic acids is 1. The second-order valence-corrected chi connectivity index (χ2v) is 8.51. The fraction of sp³-hybridized carbons (Fsp3) is 0.250. The van der Waals surface area contributed by atoms with Crippen LogP contribution in [-0.2, 0) is 0 Å². The number of hydrogen-bond acceptors (Lipinski definition) is 2. The third-order valence-corrected chi connectivity index (χ3v) is 6.24. The molecule has 1 amide bonds. The fourth-order valence-corrected chi connectivity index (χ4v) is 3.91. The van der Waals surface area contributed by atoms with Gasteiger partial charge in [-0.05, 0) is 35.4 Å².